The Balaban J connectivity index is 0.741. The third-order valence-corrected chi connectivity index (χ3v) is 14.9. The number of likely N-dealkylation sites (tertiary alicyclic amines) is 1. The standard InChI is InChI=1S/C53H51F2N9O7S/c1-30-33(34-16-18-43(58-47(34)51(69)70)64-26-20-31-8-5-10-35(38(31)28-64)49(67)60-52-57-39-12-3-4-15-42(39)72-52)9-7-14-41(30)71-27-23-53(54,55)32-21-24-63(25-22-32)29-45(66)56-40-13-6-11-36-46(61-62(2)48(36)40)37-17-19-44(65)59-50(37)68/h3-16,18,32,37H,17,19-29H2,1-2H3,(H,56,66)(H,69,70)(H,57,60,67)(H,59,65,68). The number of fused-ring (bicyclic) bond motifs is 3. The van der Waals surface area contributed by atoms with Gasteiger partial charge in [0.05, 0.1) is 46.2 Å². The van der Waals surface area contributed by atoms with E-state index in [0.717, 1.165) is 21.3 Å². The first-order chi connectivity index (χ1) is 34.7. The second-order valence-corrected chi connectivity index (χ2v) is 19.6. The minimum atomic E-state index is -3.04. The normalized spacial score (nSPS) is 16.7. The van der Waals surface area contributed by atoms with Crippen molar-refractivity contribution in [3.05, 3.63) is 125 Å². The molecule has 1 unspecified atom stereocenters. The molecule has 2 fully saturated rings. The number of nitrogens with one attached hydrogen (secondary N) is 3. The molecule has 3 aliphatic rings. The second kappa shape index (κ2) is 19.9. The maximum Gasteiger partial charge on any atom is 0.355 e. The van der Waals surface area contributed by atoms with E-state index < -0.39 is 36.1 Å². The number of pyridine rings is 1. The molecule has 3 aliphatic heterocycles. The molecule has 4 amide bonds. The first-order valence-corrected chi connectivity index (χ1v) is 24.7. The number of thiazole rings is 1. The molecule has 7 aromatic rings. The van der Waals surface area contributed by atoms with Crippen LogP contribution < -0.4 is 25.6 Å². The third kappa shape index (κ3) is 9.73. The highest BCUT2D eigenvalue weighted by atomic mass is 32.1. The number of carbonyl (C=O) groups is 5. The van der Waals surface area contributed by atoms with Gasteiger partial charge in [-0.25, -0.2) is 23.5 Å². The van der Waals surface area contributed by atoms with Crippen molar-refractivity contribution < 1.29 is 42.6 Å². The molecule has 16 nitrogen and oxygen atoms in total. The Morgan fingerprint density at radius 2 is 1.68 bits per heavy atom. The zero-order valence-corrected chi connectivity index (χ0v) is 40.4. The van der Waals surface area contributed by atoms with Crippen LogP contribution in [0.2, 0.25) is 0 Å². The predicted molar refractivity (Wildman–Crippen MR) is 269 cm³/mol. The van der Waals surface area contributed by atoms with E-state index in [0.29, 0.717) is 100 Å². The van der Waals surface area contributed by atoms with E-state index in [2.05, 4.69) is 31.0 Å². The Hall–Kier alpha value is -7.64. The number of anilines is 3. The Bertz CT molecular complexity index is 3260. The number of aryl methyl sites for hydroxylation is 1. The van der Waals surface area contributed by atoms with E-state index >= 15 is 8.78 Å². The summed E-state index contributed by atoms with van der Waals surface area (Å²) in [5.74, 6) is -6.31. The summed E-state index contributed by atoms with van der Waals surface area (Å²) in [6, 6.07) is 27.2. The van der Waals surface area contributed by atoms with E-state index in [1.807, 2.05) is 52.3 Å². The summed E-state index contributed by atoms with van der Waals surface area (Å²) in [4.78, 5) is 77.1. The minimum Gasteiger partial charge on any atom is -0.493 e. The van der Waals surface area contributed by atoms with Gasteiger partial charge in [-0.05, 0) is 110 Å². The second-order valence-electron chi connectivity index (χ2n) is 18.5. The molecular weight excluding hydrogens is 945 g/mol. The van der Waals surface area contributed by atoms with E-state index in [-0.39, 0.29) is 55.8 Å². The lowest BCUT2D eigenvalue weighted by Gasteiger charge is -2.35. The van der Waals surface area contributed by atoms with Crippen LogP contribution in [0.4, 0.5) is 25.4 Å². The molecule has 4 N–H and O–H groups in total. The lowest BCUT2D eigenvalue weighted by atomic mass is 9.89. The molecule has 3 aromatic heterocycles. The van der Waals surface area contributed by atoms with Gasteiger partial charge in [-0.3, -0.25) is 39.4 Å². The van der Waals surface area contributed by atoms with Crippen LogP contribution in [0.25, 0.3) is 32.2 Å². The lowest BCUT2D eigenvalue weighted by Crippen LogP contribution is -2.44. The molecule has 0 radical (unpaired) electrons. The number of aromatic carboxylic acids is 1. The number of piperidine rings is 2. The van der Waals surface area contributed by atoms with E-state index in [1.54, 1.807) is 67.2 Å². The highest BCUT2D eigenvalue weighted by Crippen LogP contribution is 2.39. The van der Waals surface area contributed by atoms with Crippen LogP contribution in [0.3, 0.4) is 0 Å². The highest BCUT2D eigenvalue weighted by molar-refractivity contribution is 7.22. The fraction of sp³-hybridized carbons (Fsp3) is 0.321. The fourth-order valence-corrected chi connectivity index (χ4v) is 11.1. The van der Waals surface area contributed by atoms with Gasteiger partial charge < -0.3 is 20.1 Å². The number of carboxylic acids is 1. The molecular formula is C53H51F2N9O7S. The number of halogens is 2. The monoisotopic (exact) mass is 995 g/mol. The Labute approximate surface area is 416 Å². The third-order valence-electron chi connectivity index (χ3n) is 14.0. The molecule has 370 valence electrons. The average Bonchev–Trinajstić information content (AvgIpc) is 3.94. The summed E-state index contributed by atoms with van der Waals surface area (Å²) in [6.07, 6.45) is 1.01. The van der Waals surface area contributed by atoms with Crippen molar-refractivity contribution >= 4 is 78.7 Å². The lowest BCUT2D eigenvalue weighted by molar-refractivity contribution is -0.134. The molecule has 6 heterocycles. The summed E-state index contributed by atoms with van der Waals surface area (Å²) in [5, 5.41) is 24.5. The Morgan fingerprint density at radius 1 is 0.889 bits per heavy atom. The van der Waals surface area contributed by atoms with Gasteiger partial charge in [0.1, 0.15) is 11.6 Å². The number of aromatic nitrogens is 4. The number of hydrogen-bond donors (Lipinski definition) is 4. The van der Waals surface area contributed by atoms with Gasteiger partial charge in [0.2, 0.25) is 17.7 Å². The van der Waals surface area contributed by atoms with Crippen LogP contribution in [0, 0.1) is 12.8 Å². The van der Waals surface area contributed by atoms with E-state index in [1.165, 1.54) is 11.3 Å². The van der Waals surface area contributed by atoms with Crippen LogP contribution in [0.15, 0.2) is 91.0 Å². The van der Waals surface area contributed by atoms with Gasteiger partial charge in [-0.1, -0.05) is 59.9 Å². The smallest absolute Gasteiger partial charge is 0.355 e. The molecule has 72 heavy (non-hydrogen) atoms. The van der Waals surface area contributed by atoms with Crippen molar-refractivity contribution in [1.82, 2.24) is 30.0 Å². The maximum atomic E-state index is 15.8. The fourth-order valence-electron chi connectivity index (χ4n) is 10.2. The summed E-state index contributed by atoms with van der Waals surface area (Å²) < 4.78 is 40.1. The number of alkyl halides is 2. The SMILES string of the molecule is Cc1c(OCCC(F)(F)C2CCN(CC(=O)Nc3cccc4c(C5CCC(=O)NC5=O)nn(C)c34)CC2)cccc1-c1ccc(N2CCc3cccc(C(=O)Nc4nc5ccccc5s4)c3C2)nc1C(=O)O. The predicted octanol–water partition coefficient (Wildman–Crippen LogP) is 8.34. The summed E-state index contributed by atoms with van der Waals surface area (Å²) >= 11 is 1.40. The maximum absolute atomic E-state index is 15.8. The molecule has 10 rings (SSSR count). The largest absolute Gasteiger partial charge is 0.493 e. The number of hydrogen-bond acceptors (Lipinski definition) is 12. The molecule has 19 heteroatoms. The van der Waals surface area contributed by atoms with Crippen LogP contribution in [0.5, 0.6) is 5.75 Å². The van der Waals surface area contributed by atoms with Crippen LogP contribution in [-0.2, 0) is 34.4 Å². The average molecular weight is 996 g/mol. The van der Waals surface area contributed by atoms with Gasteiger partial charge in [-0.2, -0.15) is 5.10 Å². The number of carbonyl (C=O) groups excluding carboxylic acids is 4. The first kappa shape index (κ1) is 48.0. The first-order valence-electron chi connectivity index (χ1n) is 23.9. The summed E-state index contributed by atoms with van der Waals surface area (Å²) in [5.41, 5.74) is 6.10. The molecule has 2 saturated heterocycles. The number of benzene rings is 4. The zero-order valence-electron chi connectivity index (χ0n) is 39.5. The van der Waals surface area contributed by atoms with Gasteiger partial charge >= 0.3 is 5.97 Å². The van der Waals surface area contributed by atoms with Gasteiger partial charge in [0.15, 0.2) is 10.8 Å². The Morgan fingerprint density at radius 3 is 2.47 bits per heavy atom. The topological polar surface area (TPSA) is 201 Å². The van der Waals surface area contributed by atoms with Gasteiger partial charge in [-0.15, -0.1) is 0 Å². The highest BCUT2D eigenvalue weighted by Gasteiger charge is 2.41. The number of amides is 4. The number of carboxylic acid groups (broad SMARTS) is 1. The summed E-state index contributed by atoms with van der Waals surface area (Å²) in [6.45, 7) is 2.98. The van der Waals surface area contributed by atoms with Crippen molar-refractivity contribution in [3.8, 4) is 16.9 Å². The van der Waals surface area contributed by atoms with Crippen molar-refractivity contribution in [2.24, 2.45) is 13.0 Å². The number of nitrogens with zero attached hydrogens (tertiary/aromatic N) is 6. The van der Waals surface area contributed by atoms with Crippen molar-refractivity contribution in [1.29, 1.82) is 0 Å². The molecule has 0 saturated carbocycles. The van der Waals surface area contributed by atoms with Crippen molar-refractivity contribution in [2.45, 2.75) is 63.8 Å². The molecule has 1 atom stereocenters. The number of imide groups is 1. The molecule has 0 bridgehead atoms. The zero-order chi connectivity index (χ0) is 50.3. The number of ether oxygens (including phenoxy) is 1. The Kier molecular flexibility index (Phi) is 13.2. The molecule has 0 spiro atoms. The van der Waals surface area contributed by atoms with Crippen molar-refractivity contribution in [2.75, 3.05) is 48.3 Å². The van der Waals surface area contributed by atoms with Gasteiger partial charge in [0, 0.05) is 55.4 Å². The summed E-state index contributed by atoms with van der Waals surface area (Å²) in [7, 11) is 1.72. The van der Waals surface area contributed by atoms with Crippen LogP contribution >= 0.6 is 11.3 Å². The molecule has 4 aromatic carbocycles. The number of para-hydroxylation sites is 2. The van der Waals surface area contributed by atoms with E-state index in [9.17, 15) is 29.1 Å². The molecule has 0 aliphatic carbocycles. The van der Waals surface area contributed by atoms with Gasteiger partial charge in [0.25, 0.3) is 11.8 Å². The van der Waals surface area contributed by atoms with Crippen LogP contribution in [0.1, 0.15) is 81.3 Å². The number of rotatable bonds is 14. The minimum absolute atomic E-state index is 0.00780. The van der Waals surface area contributed by atoms with E-state index in [4.69, 9.17) is 4.74 Å². The quantitative estimate of drug-likeness (QED) is 0.0761. The van der Waals surface area contributed by atoms with Crippen molar-refractivity contribution in [3.63, 3.8) is 0 Å². The van der Waals surface area contributed by atoms with Crippen LogP contribution in [-0.4, -0.2) is 98.1 Å².